The van der Waals surface area contributed by atoms with Gasteiger partial charge in [0.1, 0.15) is 28.8 Å². The smallest absolute Gasteiger partial charge is 0.274 e. The molecule has 26 heavy (non-hydrogen) atoms. The summed E-state index contributed by atoms with van der Waals surface area (Å²) < 4.78 is 10.6. The minimum Gasteiger partial charge on any atom is -0.495 e. The Bertz CT molecular complexity index is 907. The van der Waals surface area contributed by atoms with E-state index >= 15 is 0 Å². The Balaban J connectivity index is 1.78. The van der Waals surface area contributed by atoms with Crippen LogP contribution in [0.1, 0.15) is 27.6 Å². The molecule has 3 rings (SSSR count). The molecule has 0 fully saturated rings. The van der Waals surface area contributed by atoms with Crippen molar-refractivity contribution >= 4 is 17.4 Å². The number of anilines is 2. The van der Waals surface area contributed by atoms with Crippen molar-refractivity contribution in [1.82, 2.24) is 9.97 Å². The predicted octanol–water partition coefficient (Wildman–Crippen LogP) is 3.56. The van der Waals surface area contributed by atoms with E-state index in [1.54, 1.807) is 26.4 Å². The number of carbonyl (C=O) groups is 1. The summed E-state index contributed by atoms with van der Waals surface area (Å²) in [5.74, 6) is 2.08. The zero-order chi connectivity index (χ0) is 18.5. The Morgan fingerprint density at radius 3 is 2.77 bits per heavy atom. The summed E-state index contributed by atoms with van der Waals surface area (Å²) in [7, 11) is 1.56. The monoisotopic (exact) mass is 352 g/mol. The number of rotatable bonds is 6. The highest BCUT2D eigenvalue weighted by Crippen LogP contribution is 2.25. The number of aromatic nitrogens is 2. The van der Waals surface area contributed by atoms with Crippen LogP contribution in [0.4, 0.5) is 11.5 Å². The second-order valence-electron chi connectivity index (χ2n) is 5.78. The van der Waals surface area contributed by atoms with Gasteiger partial charge in [-0.15, -0.1) is 0 Å². The average molecular weight is 352 g/mol. The number of nitrogens with one attached hydrogen (secondary N) is 2. The molecule has 2 aromatic heterocycles. The van der Waals surface area contributed by atoms with Gasteiger partial charge < -0.3 is 19.8 Å². The summed E-state index contributed by atoms with van der Waals surface area (Å²) >= 11 is 0. The Kier molecular flexibility index (Phi) is 5.17. The van der Waals surface area contributed by atoms with Gasteiger partial charge in [0, 0.05) is 6.07 Å². The lowest BCUT2D eigenvalue weighted by atomic mass is 10.2. The van der Waals surface area contributed by atoms with Gasteiger partial charge in [0.05, 0.1) is 25.6 Å². The van der Waals surface area contributed by atoms with Crippen LogP contribution in [-0.2, 0) is 6.54 Å². The third-order valence-corrected chi connectivity index (χ3v) is 3.70. The lowest BCUT2D eigenvalue weighted by Crippen LogP contribution is -2.16. The van der Waals surface area contributed by atoms with E-state index in [9.17, 15) is 4.79 Å². The van der Waals surface area contributed by atoms with Crippen molar-refractivity contribution in [3.8, 4) is 5.75 Å². The molecular weight excluding hydrogens is 332 g/mol. The molecule has 1 amide bonds. The largest absolute Gasteiger partial charge is 0.495 e. The molecule has 0 bridgehead atoms. The Morgan fingerprint density at radius 1 is 1.19 bits per heavy atom. The van der Waals surface area contributed by atoms with Crippen LogP contribution in [0, 0.1) is 13.8 Å². The average Bonchev–Trinajstić information content (AvgIpc) is 3.13. The zero-order valence-electron chi connectivity index (χ0n) is 14.9. The molecule has 134 valence electrons. The highest BCUT2D eigenvalue weighted by atomic mass is 16.5. The molecule has 0 unspecified atom stereocenters. The van der Waals surface area contributed by atoms with E-state index in [2.05, 4.69) is 20.6 Å². The number of nitrogens with zero attached hydrogens (tertiary/aromatic N) is 2. The number of hydrogen-bond acceptors (Lipinski definition) is 6. The lowest BCUT2D eigenvalue weighted by molar-refractivity contribution is 0.102. The number of amides is 1. The molecule has 7 heteroatoms. The van der Waals surface area contributed by atoms with Crippen molar-refractivity contribution < 1.29 is 13.9 Å². The fraction of sp³-hybridized carbons (Fsp3) is 0.211. The molecule has 0 radical (unpaired) electrons. The van der Waals surface area contributed by atoms with E-state index in [0.29, 0.717) is 29.6 Å². The number of aryl methyl sites for hydroxylation is 2. The molecule has 1 aromatic carbocycles. The Hall–Kier alpha value is -3.35. The number of carbonyl (C=O) groups excluding carboxylic acids is 1. The van der Waals surface area contributed by atoms with E-state index in [-0.39, 0.29) is 11.6 Å². The minimum atomic E-state index is -0.333. The molecule has 0 aliphatic rings. The topological polar surface area (TPSA) is 89.3 Å². The first kappa shape index (κ1) is 17.5. The van der Waals surface area contributed by atoms with Crippen LogP contribution in [0.3, 0.4) is 0 Å². The standard InChI is InChI=1S/C19H20N4O3/c1-12-6-7-17(25-3)15(9-12)23-19(24)16-10-18(22-13(2)21-16)20-11-14-5-4-8-26-14/h4-10H,11H2,1-3H3,(H,23,24)(H,20,21,22). The number of methoxy groups -OCH3 is 1. The Labute approximate surface area is 151 Å². The Morgan fingerprint density at radius 2 is 2.04 bits per heavy atom. The first-order chi connectivity index (χ1) is 12.5. The number of hydrogen-bond donors (Lipinski definition) is 2. The van der Waals surface area contributed by atoms with E-state index in [1.807, 2.05) is 37.3 Å². The fourth-order valence-corrected chi connectivity index (χ4v) is 2.47. The quantitative estimate of drug-likeness (QED) is 0.705. The molecule has 0 saturated heterocycles. The molecule has 0 atom stereocenters. The van der Waals surface area contributed by atoms with Gasteiger partial charge in [0.25, 0.3) is 5.91 Å². The van der Waals surface area contributed by atoms with Crippen LogP contribution in [0.15, 0.2) is 47.1 Å². The van der Waals surface area contributed by atoms with Crippen molar-refractivity contribution in [3.05, 3.63) is 65.5 Å². The maximum Gasteiger partial charge on any atom is 0.274 e. The highest BCUT2D eigenvalue weighted by molar-refractivity contribution is 6.04. The number of benzene rings is 1. The second kappa shape index (κ2) is 7.69. The van der Waals surface area contributed by atoms with Gasteiger partial charge in [-0.2, -0.15) is 0 Å². The van der Waals surface area contributed by atoms with Crippen LogP contribution in [0.5, 0.6) is 5.75 Å². The molecule has 0 spiro atoms. The van der Waals surface area contributed by atoms with Crippen LogP contribution in [0.2, 0.25) is 0 Å². The summed E-state index contributed by atoms with van der Waals surface area (Å²) in [6, 6.07) is 10.9. The van der Waals surface area contributed by atoms with E-state index in [4.69, 9.17) is 9.15 Å². The first-order valence-electron chi connectivity index (χ1n) is 8.13. The summed E-state index contributed by atoms with van der Waals surface area (Å²) in [5, 5.41) is 5.97. The van der Waals surface area contributed by atoms with Gasteiger partial charge in [-0.1, -0.05) is 6.07 Å². The van der Waals surface area contributed by atoms with Gasteiger partial charge in [-0.05, 0) is 43.7 Å². The fourth-order valence-electron chi connectivity index (χ4n) is 2.47. The van der Waals surface area contributed by atoms with Crippen LogP contribution < -0.4 is 15.4 Å². The van der Waals surface area contributed by atoms with Gasteiger partial charge in [0.15, 0.2) is 0 Å². The summed E-state index contributed by atoms with van der Waals surface area (Å²) in [4.78, 5) is 21.2. The minimum absolute atomic E-state index is 0.267. The summed E-state index contributed by atoms with van der Waals surface area (Å²) in [5.41, 5.74) is 1.88. The van der Waals surface area contributed by atoms with Gasteiger partial charge >= 0.3 is 0 Å². The normalized spacial score (nSPS) is 10.4. The zero-order valence-corrected chi connectivity index (χ0v) is 14.9. The summed E-state index contributed by atoms with van der Waals surface area (Å²) in [6.45, 7) is 4.15. The SMILES string of the molecule is COc1ccc(C)cc1NC(=O)c1cc(NCc2ccco2)nc(C)n1. The van der Waals surface area contributed by atoms with Gasteiger partial charge in [-0.3, -0.25) is 4.79 Å². The van der Waals surface area contributed by atoms with Crippen LogP contribution in [-0.4, -0.2) is 23.0 Å². The summed E-state index contributed by atoms with van der Waals surface area (Å²) in [6.07, 6.45) is 1.61. The third kappa shape index (κ3) is 4.18. The second-order valence-corrected chi connectivity index (χ2v) is 5.78. The van der Waals surface area contributed by atoms with E-state index < -0.39 is 0 Å². The van der Waals surface area contributed by atoms with Crippen molar-refractivity contribution in [2.45, 2.75) is 20.4 Å². The maximum absolute atomic E-state index is 12.6. The maximum atomic E-state index is 12.6. The van der Waals surface area contributed by atoms with E-state index in [0.717, 1.165) is 11.3 Å². The number of furan rings is 1. The van der Waals surface area contributed by atoms with Gasteiger partial charge in [-0.25, -0.2) is 9.97 Å². The predicted molar refractivity (Wildman–Crippen MR) is 98.5 cm³/mol. The molecule has 0 saturated carbocycles. The third-order valence-electron chi connectivity index (χ3n) is 3.70. The molecule has 0 aliphatic carbocycles. The molecule has 2 heterocycles. The highest BCUT2D eigenvalue weighted by Gasteiger charge is 2.13. The van der Waals surface area contributed by atoms with Crippen molar-refractivity contribution in [2.75, 3.05) is 17.7 Å². The number of ether oxygens (including phenoxy) is 1. The lowest BCUT2D eigenvalue weighted by Gasteiger charge is -2.12. The van der Waals surface area contributed by atoms with Crippen molar-refractivity contribution in [3.63, 3.8) is 0 Å². The van der Waals surface area contributed by atoms with Gasteiger partial charge in [0.2, 0.25) is 0 Å². The first-order valence-corrected chi connectivity index (χ1v) is 8.13. The molecule has 2 N–H and O–H groups in total. The molecule has 7 nitrogen and oxygen atoms in total. The van der Waals surface area contributed by atoms with Crippen molar-refractivity contribution in [1.29, 1.82) is 0 Å². The van der Waals surface area contributed by atoms with E-state index in [1.165, 1.54) is 0 Å². The molecule has 0 aliphatic heterocycles. The molecule has 3 aromatic rings. The molecular formula is C19H20N4O3. The van der Waals surface area contributed by atoms with Crippen molar-refractivity contribution in [2.24, 2.45) is 0 Å². The van der Waals surface area contributed by atoms with Crippen LogP contribution in [0.25, 0.3) is 0 Å². The van der Waals surface area contributed by atoms with Crippen LogP contribution >= 0.6 is 0 Å².